The summed E-state index contributed by atoms with van der Waals surface area (Å²) in [5.41, 5.74) is 2.74. The van der Waals surface area contributed by atoms with Crippen molar-refractivity contribution in [2.45, 2.75) is 19.9 Å². The molecule has 1 N–H and O–H groups in total. The van der Waals surface area contributed by atoms with E-state index in [9.17, 15) is 14.0 Å². The Bertz CT molecular complexity index is 747. The molecule has 0 saturated heterocycles. The monoisotopic (exact) mass is 374 g/mol. The summed E-state index contributed by atoms with van der Waals surface area (Å²) in [6.07, 6.45) is 0. The Labute approximate surface area is 157 Å². The summed E-state index contributed by atoms with van der Waals surface area (Å²) in [5.74, 6) is -0.0946. The van der Waals surface area contributed by atoms with Gasteiger partial charge in [0.25, 0.3) is 0 Å². The van der Waals surface area contributed by atoms with Crippen LogP contribution in [-0.4, -0.2) is 35.3 Å². The fraction of sp³-hybridized carbons (Fsp3) is 0.300. The number of carbonyl (C=O) groups is 2. The molecule has 2 amide bonds. The molecule has 0 spiro atoms. The lowest BCUT2D eigenvalue weighted by Gasteiger charge is -2.25. The van der Waals surface area contributed by atoms with Crippen LogP contribution in [0.2, 0.25) is 0 Å². The van der Waals surface area contributed by atoms with E-state index in [0.29, 0.717) is 0 Å². The molecule has 0 aliphatic heterocycles. The smallest absolute Gasteiger partial charge is 0.234 e. The maximum absolute atomic E-state index is 13.0. The van der Waals surface area contributed by atoms with E-state index in [-0.39, 0.29) is 35.2 Å². The van der Waals surface area contributed by atoms with Crippen LogP contribution in [0.5, 0.6) is 0 Å². The SMILES string of the molecule is Cc1ccc(NC(=O)CSCC(=O)N(C)C(C)c2ccc(F)cc2)cc1. The molecule has 0 bridgehead atoms. The van der Waals surface area contributed by atoms with Gasteiger partial charge in [0.05, 0.1) is 17.5 Å². The van der Waals surface area contributed by atoms with Gasteiger partial charge in [0, 0.05) is 12.7 Å². The largest absolute Gasteiger partial charge is 0.338 e. The van der Waals surface area contributed by atoms with Crippen LogP contribution in [-0.2, 0) is 9.59 Å². The molecule has 0 aliphatic carbocycles. The zero-order valence-corrected chi connectivity index (χ0v) is 16.0. The van der Waals surface area contributed by atoms with Gasteiger partial charge in [0.15, 0.2) is 0 Å². The quantitative estimate of drug-likeness (QED) is 0.796. The summed E-state index contributed by atoms with van der Waals surface area (Å²) < 4.78 is 13.0. The average Bonchev–Trinajstić information content (AvgIpc) is 2.63. The number of aryl methyl sites for hydroxylation is 1. The molecular weight excluding hydrogens is 351 g/mol. The van der Waals surface area contributed by atoms with E-state index in [1.807, 2.05) is 38.1 Å². The van der Waals surface area contributed by atoms with E-state index in [1.165, 1.54) is 23.9 Å². The van der Waals surface area contributed by atoms with Crippen molar-refractivity contribution >= 4 is 29.3 Å². The van der Waals surface area contributed by atoms with Crippen molar-refractivity contribution in [3.63, 3.8) is 0 Å². The average molecular weight is 374 g/mol. The number of hydrogen-bond donors (Lipinski definition) is 1. The predicted octanol–water partition coefficient (Wildman–Crippen LogP) is 4.03. The van der Waals surface area contributed by atoms with Crippen LogP contribution >= 0.6 is 11.8 Å². The summed E-state index contributed by atoms with van der Waals surface area (Å²) in [7, 11) is 1.71. The number of nitrogens with zero attached hydrogens (tertiary/aromatic N) is 1. The number of rotatable bonds is 7. The minimum Gasteiger partial charge on any atom is -0.338 e. The highest BCUT2D eigenvalue weighted by Gasteiger charge is 2.17. The van der Waals surface area contributed by atoms with Crippen molar-refractivity contribution in [2.75, 3.05) is 23.9 Å². The highest BCUT2D eigenvalue weighted by atomic mass is 32.2. The van der Waals surface area contributed by atoms with Crippen LogP contribution in [0.15, 0.2) is 48.5 Å². The van der Waals surface area contributed by atoms with Crippen molar-refractivity contribution in [3.05, 3.63) is 65.5 Å². The van der Waals surface area contributed by atoms with E-state index >= 15 is 0 Å². The summed E-state index contributed by atoms with van der Waals surface area (Å²) in [5, 5.41) is 2.81. The van der Waals surface area contributed by atoms with Gasteiger partial charge in [0.2, 0.25) is 11.8 Å². The Morgan fingerprint density at radius 3 is 2.31 bits per heavy atom. The van der Waals surface area contributed by atoms with Crippen LogP contribution in [0.4, 0.5) is 10.1 Å². The summed E-state index contributed by atoms with van der Waals surface area (Å²) in [4.78, 5) is 25.9. The lowest BCUT2D eigenvalue weighted by Crippen LogP contribution is -2.31. The molecular formula is C20H23FN2O2S. The maximum atomic E-state index is 13.0. The minimum absolute atomic E-state index is 0.0741. The molecule has 2 aromatic rings. The van der Waals surface area contributed by atoms with Crippen LogP contribution in [0.3, 0.4) is 0 Å². The van der Waals surface area contributed by atoms with Gasteiger partial charge in [-0.15, -0.1) is 11.8 Å². The van der Waals surface area contributed by atoms with E-state index in [1.54, 1.807) is 24.1 Å². The first-order valence-corrected chi connectivity index (χ1v) is 9.47. The van der Waals surface area contributed by atoms with Gasteiger partial charge in [-0.05, 0) is 43.7 Å². The third-order valence-electron chi connectivity index (χ3n) is 4.12. The van der Waals surface area contributed by atoms with Gasteiger partial charge in [-0.3, -0.25) is 9.59 Å². The zero-order chi connectivity index (χ0) is 19.1. The molecule has 0 saturated carbocycles. The summed E-state index contributed by atoms with van der Waals surface area (Å²) in [6, 6.07) is 13.5. The van der Waals surface area contributed by atoms with E-state index in [2.05, 4.69) is 5.32 Å². The topological polar surface area (TPSA) is 49.4 Å². The highest BCUT2D eigenvalue weighted by molar-refractivity contribution is 8.00. The molecule has 2 rings (SSSR count). The van der Waals surface area contributed by atoms with Crippen molar-refractivity contribution in [1.82, 2.24) is 4.90 Å². The molecule has 2 aromatic carbocycles. The zero-order valence-electron chi connectivity index (χ0n) is 15.2. The van der Waals surface area contributed by atoms with Crippen LogP contribution in [0, 0.1) is 12.7 Å². The van der Waals surface area contributed by atoms with Crippen LogP contribution in [0.25, 0.3) is 0 Å². The van der Waals surface area contributed by atoms with Gasteiger partial charge in [-0.25, -0.2) is 4.39 Å². The maximum Gasteiger partial charge on any atom is 0.234 e. The third-order valence-corrected chi connectivity index (χ3v) is 5.04. The molecule has 4 nitrogen and oxygen atoms in total. The first-order chi connectivity index (χ1) is 12.4. The molecule has 0 aromatic heterocycles. The standard InChI is InChI=1S/C20H23FN2O2S/c1-14-4-10-18(11-5-14)22-19(24)12-26-13-20(25)23(3)15(2)16-6-8-17(21)9-7-16/h4-11,15H,12-13H2,1-3H3,(H,22,24). The lowest BCUT2D eigenvalue weighted by atomic mass is 10.1. The number of anilines is 1. The van der Waals surface area contributed by atoms with Crippen LogP contribution < -0.4 is 5.32 Å². The fourth-order valence-corrected chi connectivity index (χ4v) is 3.09. The Hall–Kier alpha value is -2.34. The number of nitrogens with one attached hydrogen (secondary N) is 1. The fourth-order valence-electron chi connectivity index (χ4n) is 2.35. The van der Waals surface area contributed by atoms with Gasteiger partial charge in [-0.2, -0.15) is 0 Å². The number of halogens is 1. The molecule has 26 heavy (non-hydrogen) atoms. The number of thioether (sulfide) groups is 1. The Morgan fingerprint density at radius 2 is 1.69 bits per heavy atom. The van der Waals surface area contributed by atoms with Crippen molar-refractivity contribution in [1.29, 1.82) is 0 Å². The van der Waals surface area contributed by atoms with Gasteiger partial charge < -0.3 is 10.2 Å². The van der Waals surface area contributed by atoms with Crippen LogP contribution in [0.1, 0.15) is 24.1 Å². The molecule has 0 radical (unpaired) electrons. The number of carbonyl (C=O) groups excluding carboxylic acids is 2. The second-order valence-electron chi connectivity index (χ2n) is 6.14. The van der Waals surface area contributed by atoms with Gasteiger partial charge >= 0.3 is 0 Å². The number of amides is 2. The van der Waals surface area contributed by atoms with Crippen molar-refractivity contribution < 1.29 is 14.0 Å². The van der Waals surface area contributed by atoms with Crippen molar-refractivity contribution in [3.8, 4) is 0 Å². The van der Waals surface area contributed by atoms with E-state index < -0.39 is 0 Å². The summed E-state index contributed by atoms with van der Waals surface area (Å²) in [6.45, 7) is 3.87. The minimum atomic E-state index is -0.301. The molecule has 1 atom stereocenters. The second kappa shape index (κ2) is 9.38. The Kier molecular flexibility index (Phi) is 7.21. The number of benzene rings is 2. The van der Waals surface area contributed by atoms with E-state index in [0.717, 1.165) is 16.8 Å². The second-order valence-corrected chi connectivity index (χ2v) is 7.12. The highest BCUT2D eigenvalue weighted by Crippen LogP contribution is 2.20. The Balaban J connectivity index is 1.77. The van der Waals surface area contributed by atoms with Crippen molar-refractivity contribution in [2.24, 2.45) is 0 Å². The first-order valence-electron chi connectivity index (χ1n) is 8.32. The first kappa shape index (κ1) is 20.0. The Morgan fingerprint density at radius 1 is 1.08 bits per heavy atom. The molecule has 1 unspecified atom stereocenters. The lowest BCUT2D eigenvalue weighted by molar-refractivity contribution is -0.128. The molecule has 0 heterocycles. The van der Waals surface area contributed by atoms with Gasteiger partial charge in [-0.1, -0.05) is 29.8 Å². The van der Waals surface area contributed by atoms with E-state index in [4.69, 9.17) is 0 Å². The third kappa shape index (κ3) is 5.88. The molecule has 0 fully saturated rings. The predicted molar refractivity (Wildman–Crippen MR) is 105 cm³/mol. The number of hydrogen-bond acceptors (Lipinski definition) is 3. The molecule has 138 valence electrons. The van der Waals surface area contributed by atoms with Gasteiger partial charge in [0.1, 0.15) is 5.82 Å². The molecule has 0 aliphatic rings. The summed E-state index contributed by atoms with van der Waals surface area (Å²) >= 11 is 1.27. The normalized spacial score (nSPS) is 11.7. The molecule has 6 heteroatoms.